The van der Waals surface area contributed by atoms with Gasteiger partial charge in [0.25, 0.3) is 0 Å². The molecule has 2 aromatic rings. The van der Waals surface area contributed by atoms with Gasteiger partial charge in [0.2, 0.25) is 5.91 Å². The number of carbonyl (C=O) groups is 1. The minimum absolute atomic E-state index is 0.165. The second kappa shape index (κ2) is 7.18. The van der Waals surface area contributed by atoms with Crippen LogP contribution < -0.4 is 15.4 Å². The Kier molecular flexibility index (Phi) is 5.28. The molecule has 0 unspecified atom stereocenters. The number of hydrogen-bond donors (Lipinski definition) is 2. The van der Waals surface area contributed by atoms with Crippen LogP contribution in [-0.4, -0.2) is 19.6 Å². The number of nitrogens with one attached hydrogen (secondary N) is 2. The van der Waals surface area contributed by atoms with Crippen molar-refractivity contribution in [1.29, 1.82) is 0 Å². The normalized spacial score (nSPS) is 10.2. The first-order valence-corrected chi connectivity index (χ1v) is 7.32. The summed E-state index contributed by atoms with van der Waals surface area (Å²) in [6.45, 7) is 4.26. The van der Waals surface area contributed by atoms with Gasteiger partial charge in [-0.2, -0.15) is 0 Å². The molecule has 4 nitrogen and oxygen atoms in total. The molecule has 0 aliphatic heterocycles. The summed E-state index contributed by atoms with van der Waals surface area (Å²) in [6, 6.07) is 11.1. The van der Waals surface area contributed by atoms with E-state index in [0.29, 0.717) is 16.5 Å². The van der Waals surface area contributed by atoms with Crippen molar-refractivity contribution >= 4 is 28.9 Å². The van der Waals surface area contributed by atoms with Gasteiger partial charge in [-0.3, -0.25) is 4.79 Å². The maximum atomic E-state index is 12.0. The van der Waals surface area contributed by atoms with Gasteiger partial charge < -0.3 is 15.4 Å². The fourth-order valence-corrected chi connectivity index (χ4v) is 2.18. The molecule has 0 aromatic heterocycles. The number of anilines is 2. The number of halogens is 1. The molecular formula is C17H19ClN2O2. The van der Waals surface area contributed by atoms with Gasteiger partial charge in [-0.25, -0.2) is 0 Å². The van der Waals surface area contributed by atoms with Crippen LogP contribution >= 0.6 is 11.6 Å². The first-order valence-electron chi connectivity index (χ1n) is 6.94. The fourth-order valence-electron chi connectivity index (χ4n) is 2.01. The third kappa shape index (κ3) is 4.15. The average Bonchev–Trinajstić information content (AvgIpc) is 2.49. The van der Waals surface area contributed by atoms with Gasteiger partial charge in [-0.05, 0) is 55.3 Å². The lowest BCUT2D eigenvalue weighted by atomic mass is 10.1. The summed E-state index contributed by atoms with van der Waals surface area (Å²) in [6.07, 6.45) is 0. The predicted molar refractivity (Wildman–Crippen MR) is 91.0 cm³/mol. The summed E-state index contributed by atoms with van der Waals surface area (Å²) in [5.74, 6) is 0.405. The largest absolute Gasteiger partial charge is 0.495 e. The summed E-state index contributed by atoms with van der Waals surface area (Å²) in [7, 11) is 1.55. The highest BCUT2D eigenvalue weighted by atomic mass is 35.5. The predicted octanol–water partition coefficient (Wildman–Crippen LogP) is 4.02. The minimum Gasteiger partial charge on any atom is -0.495 e. The Hall–Kier alpha value is -2.20. The Morgan fingerprint density at radius 3 is 2.59 bits per heavy atom. The monoisotopic (exact) mass is 318 g/mol. The van der Waals surface area contributed by atoms with Crippen LogP contribution in [0.4, 0.5) is 11.4 Å². The molecule has 0 heterocycles. The van der Waals surface area contributed by atoms with E-state index in [2.05, 4.69) is 17.6 Å². The van der Waals surface area contributed by atoms with Crippen molar-refractivity contribution in [1.82, 2.24) is 0 Å². The third-order valence-electron chi connectivity index (χ3n) is 3.40. The lowest BCUT2D eigenvalue weighted by Gasteiger charge is -2.12. The standard InChI is InChI=1S/C17H19ClN2O2/c1-11-4-6-14(8-12(11)2)19-10-17(21)20-15-9-13(18)5-7-16(15)22-3/h4-9,19H,10H2,1-3H3,(H,20,21). The summed E-state index contributed by atoms with van der Waals surface area (Å²) in [5.41, 5.74) is 3.87. The van der Waals surface area contributed by atoms with E-state index in [-0.39, 0.29) is 12.5 Å². The molecule has 1 amide bonds. The molecule has 2 N–H and O–H groups in total. The van der Waals surface area contributed by atoms with E-state index >= 15 is 0 Å². The number of carbonyl (C=O) groups excluding carboxylic acids is 1. The Morgan fingerprint density at radius 2 is 1.91 bits per heavy atom. The number of amides is 1. The maximum Gasteiger partial charge on any atom is 0.243 e. The second-order valence-corrected chi connectivity index (χ2v) is 5.48. The quantitative estimate of drug-likeness (QED) is 0.875. The number of benzene rings is 2. The SMILES string of the molecule is COc1ccc(Cl)cc1NC(=O)CNc1ccc(C)c(C)c1. The van der Waals surface area contributed by atoms with Crippen LogP contribution in [0.15, 0.2) is 36.4 Å². The van der Waals surface area contributed by atoms with Crippen LogP contribution in [0.25, 0.3) is 0 Å². The maximum absolute atomic E-state index is 12.0. The average molecular weight is 319 g/mol. The summed E-state index contributed by atoms with van der Waals surface area (Å²) < 4.78 is 5.20. The van der Waals surface area contributed by atoms with Crippen molar-refractivity contribution in [2.75, 3.05) is 24.3 Å². The number of rotatable bonds is 5. The van der Waals surface area contributed by atoms with E-state index in [0.717, 1.165) is 5.69 Å². The van der Waals surface area contributed by atoms with Crippen LogP contribution in [0, 0.1) is 13.8 Å². The molecule has 0 aliphatic rings. The van der Waals surface area contributed by atoms with Crippen molar-refractivity contribution in [2.24, 2.45) is 0 Å². The molecule has 0 bridgehead atoms. The van der Waals surface area contributed by atoms with E-state index in [1.807, 2.05) is 25.1 Å². The van der Waals surface area contributed by atoms with Crippen molar-refractivity contribution in [3.8, 4) is 5.75 Å². The van der Waals surface area contributed by atoms with E-state index in [1.165, 1.54) is 11.1 Å². The van der Waals surface area contributed by atoms with Crippen LogP contribution in [0.2, 0.25) is 5.02 Å². The van der Waals surface area contributed by atoms with Crippen LogP contribution in [0.3, 0.4) is 0 Å². The molecule has 0 radical (unpaired) electrons. The number of ether oxygens (including phenoxy) is 1. The zero-order valence-corrected chi connectivity index (χ0v) is 13.6. The Bertz CT molecular complexity index is 686. The van der Waals surface area contributed by atoms with Crippen LogP contribution in [0.5, 0.6) is 5.75 Å². The first-order chi connectivity index (χ1) is 10.5. The molecule has 0 fully saturated rings. The molecule has 0 spiro atoms. The highest BCUT2D eigenvalue weighted by molar-refractivity contribution is 6.31. The van der Waals surface area contributed by atoms with Gasteiger partial charge in [0.15, 0.2) is 0 Å². The molecule has 116 valence electrons. The lowest BCUT2D eigenvalue weighted by Crippen LogP contribution is -2.22. The summed E-state index contributed by atoms with van der Waals surface area (Å²) in [5, 5.41) is 6.43. The molecule has 2 rings (SSSR count). The van der Waals surface area contributed by atoms with Gasteiger partial charge in [-0.1, -0.05) is 17.7 Å². The molecule has 0 aliphatic carbocycles. The number of methoxy groups -OCH3 is 1. The van der Waals surface area contributed by atoms with Gasteiger partial charge in [0, 0.05) is 10.7 Å². The summed E-state index contributed by atoms with van der Waals surface area (Å²) >= 11 is 5.94. The molecule has 22 heavy (non-hydrogen) atoms. The van der Waals surface area contributed by atoms with Crippen molar-refractivity contribution in [2.45, 2.75) is 13.8 Å². The molecular weight excluding hydrogens is 300 g/mol. The van der Waals surface area contributed by atoms with Gasteiger partial charge in [-0.15, -0.1) is 0 Å². The smallest absolute Gasteiger partial charge is 0.243 e. The van der Waals surface area contributed by atoms with E-state index < -0.39 is 0 Å². The number of aryl methyl sites for hydroxylation is 2. The Balaban J connectivity index is 1.98. The zero-order valence-electron chi connectivity index (χ0n) is 12.9. The molecule has 5 heteroatoms. The van der Waals surface area contributed by atoms with Crippen molar-refractivity contribution in [3.63, 3.8) is 0 Å². The van der Waals surface area contributed by atoms with Gasteiger partial charge >= 0.3 is 0 Å². The lowest BCUT2D eigenvalue weighted by molar-refractivity contribution is -0.114. The fraction of sp³-hybridized carbons (Fsp3) is 0.235. The molecule has 0 saturated heterocycles. The molecule has 0 saturated carbocycles. The number of hydrogen-bond acceptors (Lipinski definition) is 3. The Labute approximate surface area is 135 Å². The van der Waals surface area contributed by atoms with E-state index in [9.17, 15) is 4.79 Å². The highest BCUT2D eigenvalue weighted by Gasteiger charge is 2.08. The van der Waals surface area contributed by atoms with Gasteiger partial charge in [0.05, 0.1) is 19.3 Å². The third-order valence-corrected chi connectivity index (χ3v) is 3.63. The highest BCUT2D eigenvalue weighted by Crippen LogP contribution is 2.27. The van der Waals surface area contributed by atoms with E-state index in [4.69, 9.17) is 16.3 Å². The summed E-state index contributed by atoms with van der Waals surface area (Å²) in [4.78, 5) is 12.0. The molecule has 0 atom stereocenters. The topological polar surface area (TPSA) is 50.4 Å². The Morgan fingerprint density at radius 1 is 1.14 bits per heavy atom. The molecule has 2 aromatic carbocycles. The zero-order chi connectivity index (χ0) is 16.1. The van der Waals surface area contributed by atoms with Crippen LogP contribution in [-0.2, 0) is 4.79 Å². The minimum atomic E-state index is -0.168. The van der Waals surface area contributed by atoms with Crippen LogP contribution in [0.1, 0.15) is 11.1 Å². The van der Waals surface area contributed by atoms with Crippen molar-refractivity contribution in [3.05, 3.63) is 52.5 Å². The second-order valence-electron chi connectivity index (χ2n) is 5.05. The van der Waals surface area contributed by atoms with Crippen molar-refractivity contribution < 1.29 is 9.53 Å². The van der Waals surface area contributed by atoms with Gasteiger partial charge in [0.1, 0.15) is 5.75 Å². The first kappa shape index (κ1) is 16.2. The van der Waals surface area contributed by atoms with E-state index in [1.54, 1.807) is 25.3 Å².